The zero-order chi connectivity index (χ0) is 15.4. The zero-order valence-corrected chi connectivity index (χ0v) is 14.4. The summed E-state index contributed by atoms with van der Waals surface area (Å²) in [7, 11) is 1.94. The first-order valence-corrected chi connectivity index (χ1v) is 8.05. The summed E-state index contributed by atoms with van der Waals surface area (Å²) in [4.78, 5) is 0. The van der Waals surface area contributed by atoms with Crippen molar-refractivity contribution in [3.63, 3.8) is 0 Å². The van der Waals surface area contributed by atoms with Crippen LogP contribution in [0.3, 0.4) is 0 Å². The maximum absolute atomic E-state index is 6.14. The molecular weight excluding hydrogens is 330 g/mol. The quantitative estimate of drug-likeness (QED) is 0.862. The number of halogens is 1. The van der Waals surface area contributed by atoms with E-state index < -0.39 is 0 Å². The molecule has 0 bridgehead atoms. The van der Waals surface area contributed by atoms with E-state index in [0.717, 1.165) is 40.0 Å². The average Bonchev–Trinajstić information content (AvgIpc) is 2.79. The summed E-state index contributed by atoms with van der Waals surface area (Å²) in [5, 5.41) is 4.48. The van der Waals surface area contributed by atoms with Gasteiger partial charge in [-0.2, -0.15) is 5.10 Å². The van der Waals surface area contributed by atoms with E-state index in [2.05, 4.69) is 34.9 Å². The lowest BCUT2D eigenvalue weighted by atomic mass is 10.0. The predicted molar refractivity (Wildman–Crippen MR) is 88.3 cm³/mol. The molecule has 0 aliphatic rings. The van der Waals surface area contributed by atoms with Crippen molar-refractivity contribution in [1.82, 2.24) is 9.78 Å². The van der Waals surface area contributed by atoms with Gasteiger partial charge < -0.3 is 10.5 Å². The maximum atomic E-state index is 6.14. The van der Waals surface area contributed by atoms with Gasteiger partial charge in [0, 0.05) is 18.7 Å². The first-order chi connectivity index (χ1) is 10.1. The Kier molecular flexibility index (Phi) is 5.42. The van der Waals surface area contributed by atoms with Gasteiger partial charge in [-0.05, 0) is 34.8 Å². The van der Waals surface area contributed by atoms with Crippen molar-refractivity contribution in [2.75, 3.05) is 0 Å². The maximum Gasteiger partial charge on any atom is 0.131 e. The number of ether oxygens (including phenoxy) is 1. The fourth-order valence-corrected chi connectivity index (χ4v) is 2.99. The SMILES string of the molecule is CCc1nn(C)c(COc2ccccc2[C@@H](N)CC)c1Br. The Balaban J connectivity index is 2.19. The zero-order valence-electron chi connectivity index (χ0n) is 12.8. The summed E-state index contributed by atoms with van der Waals surface area (Å²) < 4.78 is 8.89. The van der Waals surface area contributed by atoms with Crippen molar-refractivity contribution in [2.24, 2.45) is 12.8 Å². The molecule has 0 fully saturated rings. The monoisotopic (exact) mass is 351 g/mol. The van der Waals surface area contributed by atoms with Gasteiger partial charge in [0.2, 0.25) is 0 Å². The van der Waals surface area contributed by atoms with Crippen molar-refractivity contribution in [2.45, 2.75) is 39.3 Å². The molecule has 4 nitrogen and oxygen atoms in total. The summed E-state index contributed by atoms with van der Waals surface area (Å²) in [6.45, 7) is 4.64. The molecule has 0 saturated carbocycles. The molecule has 1 heterocycles. The Hall–Kier alpha value is -1.33. The topological polar surface area (TPSA) is 53.1 Å². The Morgan fingerprint density at radius 1 is 1.33 bits per heavy atom. The van der Waals surface area contributed by atoms with Gasteiger partial charge in [-0.1, -0.05) is 32.0 Å². The number of hydrogen-bond acceptors (Lipinski definition) is 3. The van der Waals surface area contributed by atoms with Crippen LogP contribution in [0.4, 0.5) is 0 Å². The summed E-state index contributed by atoms with van der Waals surface area (Å²) in [6, 6.07) is 7.96. The van der Waals surface area contributed by atoms with Gasteiger partial charge in [0.15, 0.2) is 0 Å². The molecule has 1 aromatic carbocycles. The molecule has 0 aliphatic heterocycles. The van der Waals surface area contributed by atoms with Crippen LogP contribution in [-0.2, 0) is 20.1 Å². The first-order valence-electron chi connectivity index (χ1n) is 7.26. The van der Waals surface area contributed by atoms with Gasteiger partial charge in [0.05, 0.1) is 15.9 Å². The van der Waals surface area contributed by atoms with Gasteiger partial charge in [-0.3, -0.25) is 4.68 Å². The second kappa shape index (κ2) is 7.09. The second-order valence-corrected chi connectivity index (χ2v) is 5.82. The minimum Gasteiger partial charge on any atom is -0.487 e. The van der Waals surface area contributed by atoms with Gasteiger partial charge in [0.25, 0.3) is 0 Å². The molecule has 0 saturated heterocycles. The van der Waals surface area contributed by atoms with Crippen LogP contribution in [0.15, 0.2) is 28.7 Å². The minimum absolute atomic E-state index is 0.00220. The molecule has 0 radical (unpaired) electrons. The third-order valence-corrected chi connectivity index (χ3v) is 4.54. The van der Waals surface area contributed by atoms with Crippen molar-refractivity contribution < 1.29 is 4.74 Å². The van der Waals surface area contributed by atoms with E-state index in [1.807, 2.05) is 36.0 Å². The number of aryl methyl sites for hydroxylation is 2. The lowest BCUT2D eigenvalue weighted by molar-refractivity contribution is 0.289. The summed E-state index contributed by atoms with van der Waals surface area (Å²) in [5.74, 6) is 0.845. The van der Waals surface area contributed by atoms with E-state index in [9.17, 15) is 0 Å². The van der Waals surface area contributed by atoms with Crippen molar-refractivity contribution in [3.05, 3.63) is 45.7 Å². The Morgan fingerprint density at radius 3 is 2.67 bits per heavy atom. The average molecular weight is 352 g/mol. The van der Waals surface area contributed by atoms with E-state index in [-0.39, 0.29) is 6.04 Å². The molecule has 114 valence electrons. The molecule has 2 N–H and O–H groups in total. The number of nitrogens with two attached hydrogens (primary N) is 1. The fourth-order valence-electron chi connectivity index (χ4n) is 2.26. The number of rotatable bonds is 6. The third-order valence-electron chi connectivity index (χ3n) is 3.63. The van der Waals surface area contributed by atoms with E-state index in [4.69, 9.17) is 10.5 Å². The summed E-state index contributed by atoms with van der Waals surface area (Å²) >= 11 is 3.61. The molecule has 2 aromatic rings. The smallest absolute Gasteiger partial charge is 0.131 e. The van der Waals surface area contributed by atoms with Gasteiger partial charge >= 0.3 is 0 Å². The van der Waals surface area contributed by atoms with Gasteiger partial charge in [-0.25, -0.2) is 0 Å². The summed E-state index contributed by atoms with van der Waals surface area (Å²) in [5.41, 5.74) is 9.28. The normalized spacial score (nSPS) is 12.4. The van der Waals surface area contributed by atoms with Crippen LogP contribution in [0.25, 0.3) is 0 Å². The predicted octanol–water partition coefficient (Wildman–Crippen LogP) is 3.73. The highest BCUT2D eigenvalue weighted by molar-refractivity contribution is 9.10. The number of para-hydroxylation sites is 1. The van der Waals surface area contributed by atoms with Crippen LogP contribution in [0.5, 0.6) is 5.75 Å². The molecule has 0 spiro atoms. The molecule has 21 heavy (non-hydrogen) atoms. The van der Waals surface area contributed by atoms with E-state index in [0.29, 0.717) is 6.61 Å². The van der Waals surface area contributed by atoms with E-state index in [1.165, 1.54) is 0 Å². The Bertz CT molecular complexity index is 610. The molecule has 5 heteroatoms. The van der Waals surface area contributed by atoms with Gasteiger partial charge in [0.1, 0.15) is 12.4 Å². The van der Waals surface area contributed by atoms with Crippen LogP contribution in [-0.4, -0.2) is 9.78 Å². The van der Waals surface area contributed by atoms with Crippen LogP contribution in [0.2, 0.25) is 0 Å². The van der Waals surface area contributed by atoms with Crippen LogP contribution in [0.1, 0.15) is 43.3 Å². The Labute approximate surface area is 134 Å². The molecular formula is C16H22BrN3O. The van der Waals surface area contributed by atoms with Crippen LogP contribution < -0.4 is 10.5 Å². The van der Waals surface area contributed by atoms with Crippen molar-refractivity contribution in [1.29, 1.82) is 0 Å². The molecule has 1 atom stereocenters. The van der Waals surface area contributed by atoms with Crippen LogP contribution in [0, 0.1) is 0 Å². The highest BCUT2D eigenvalue weighted by Crippen LogP contribution is 2.28. The molecule has 0 aliphatic carbocycles. The molecule has 1 aromatic heterocycles. The van der Waals surface area contributed by atoms with E-state index in [1.54, 1.807) is 0 Å². The van der Waals surface area contributed by atoms with Crippen LogP contribution >= 0.6 is 15.9 Å². The number of nitrogens with zero attached hydrogens (tertiary/aromatic N) is 2. The summed E-state index contributed by atoms with van der Waals surface area (Å²) in [6.07, 6.45) is 1.78. The van der Waals surface area contributed by atoms with Crippen molar-refractivity contribution in [3.8, 4) is 5.75 Å². The standard InChI is InChI=1S/C16H22BrN3O/c1-4-12(18)11-8-6-7-9-15(11)21-10-14-16(17)13(5-2)19-20(14)3/h6-9,12H,4-5,10,18H2,1-3H3/t12-/m0/s1. The minimum atomic E-state index is 0.00220. The first kappa shape index (κ1) is 16.0. The number of aromatic nitrogens is 2. The largest absolute Gasteiger partial charge is 0.487 e. The van der Waals surface area contributed by atoms with Gasteiger partial charge in [-0.15, -0.1) is 0 Å². The lowest BCUT2D eigenvalue weighted by Gasteiger charge is -2.15. The molecule has 0 amide bonds. The lowest BCUT2D eigenvalue weighted by Crippen LogP contribution is -2.11. The third kappa shape index (κ3) is 3.47. The second-order valence-electron chi connectivity index (χ2n) is 5.03. The molecule has 2 rings (SSSR count). The molecule has 0 unspecified atom stereocenters. The number of hydrogen-bond donors (Lipinski definition) is 1. The fraction of sp³-hybridized carbons (Fsp3) is 0.438. The number of benzene rings is 1. The Morgan fingerprint density at radius 2 is 2.05 bits per heavy atom. The van der Waals surface area contributed by atoms with E-state index >= 15 is 0 Å². The highest BCUT2D eigenvalue weighted by Gasteiger charge is 2.15. The van der Waals surface area contributed by atoms with Crippen molar-refractivity contribution >= 4 is 15.9 Å². The highest BCUT2D eigenvalue weighted by atomic mass is 79.9.